The number of rotatable bonds is 4. The van der Waals surface area contributed by atoms with E-state index in [0.717, 1.165) is 27.2 Å². The van der Waals surface area contributed by atoms with Gasteiger partial charge in [-0.3, -0.25) is 0 Å². The predicted molar refractivity (Wildman–Crippen MR) is 77.9 cm³/mol. The lowest BCUT2D eigenvalue weighted by atomic mass is 10.3. The Morgan fingerprint density at radius 3 is 3.00 bits per heavy atom. The quantitative estimate of drug-likeness (QED) is 0.796. The Morgan fingerprint density at radius 2 is 2.35 bits per heavy atom. The molecule has 6 heteroatoms. The van der Waals surface area contributed by atoms with E-state index in [4.69, 9.17) is 11.6 Å². The monoisotopic (exact) mass is 333 g/mol. The van der Waals surface area contributed by atoms with Crippen molar-refractivity contribution in [2.45, 2.75) is 18.8 Å². The molecule has 0 radical (unpaired) electrons. The van der Waals surface area contributed by atoms with Gasteiger partial charge in [-0.05, 0) is 35.2 Å². The Morgan fingerprint density at radius 1 is 1.59 bits per heavy atom. The summed E-state index contributed by atoms with van der Waals surface area (Å²) >= 11 is 11.2. The first kappa shape index (κ1) is 13.2. The van der Waals surface area contributed by atoms with Crippen molar-refractivity contribution in [3.8, 4) is 0 Å². The molecule has 17 heavy (non-hydrogen) atoms. The summed E-state index contributed by atoms with van der Waals surface area (Å²) in [5.41, 5.74) is 1.80. The number of aromatic nitrogens is 3. The van der Waals surface area contributed by atoms with Crippen LogP contribution in [-0.2, 0) is 5.88 Å². The Labute approximate surface area is 118 Å². The highest BCUT2D eigenvalue weighted by Gasteiger charge is 2.16. The van der Waals surface area contributed by atoms with E-state index < -0.39 is 0 Å². The molecule has 0 aliphatic carbocycles. The number of halogens is 2. The average molecular weight is 335 g/mol. The molecule has 0 amide bonds. The number of imidazole rings is 1. The SMILES string of the molecule is CSCC(C)n1c(CCl)nc2cc(Br)cnc21. The van der Waals surface area contributed by atoms with Gasteiger partial charge in [-0.1, -0.05) is 0 Å². The average Bonchev–Trinajstić information content (AvgIpc) is 2.66. The molecule has 2 rings (SSSR count). The van der Waals surface area contributed by atoms with E-state index in [1.54, 1.807) is 6.20 Å². The van der Waals surface area contributed by atoms with E-state index >= 15 is 0 Å². The molecule has 0 bridgehead atoms. The van der Waals surface area contributed by atoms with Crippen LogP contribution in [0.25, 0.3) is 11.2 Å². The summed E-state index contributed by atoms with van der Waals surface area (Å²) in [6.07, 6.45) is 3.89. The van der Waals surface area contributed by atoms with Gasteiger partial charge in [0, 0.05) is 22.5 Å². The van der Waals surface area contributed by atoms with Gasteiger partial charge in [0.25, 0.3) is 0 Å². The summed E-state index contributed by atoms with van der Waals surface area (Å²) in [5.74, 6) is 2.31. The van der Waals surface area contributed by atoms with Gasteiger partial charge in [-0.25, -0.2) is 9.97 Å². The van der Waals surface area contributed by atoms with Crippen molar-refractivity contribution in [2.75, 3.05) is 12.0 Å². The number of hydrogen-bond donors (Lipinski definition) is 0. The summed E-state index contributed by atoms with van der Waals surface area (Å²) in [4.78, 5) is 8.96. The molecule has 2 heterocycles. The number of fused-ring (bicyclic) bond motifs is 1. The minimum Gasteiger partial charge on any atom is -0.308 e. The smallest absolute Gasteiger partial charge is 0.160 e. The van der Waals surface area contributed by atoms with E-state index in [-0.39, 0.29) is 0 Å². The van der Waals surface area contributed by atoms with Crippen LogP contribution in [0.4, 0.5) is 0 Å². The number of alkyl halides is 1. The fraction of sp³-hybridized carbons (Fsp3) is 0.455. The Kier molecular flexibility index (Phi) is 4.33. The zero-order chi connectivity index (χ0) is 12.4. The molecule has 0 aromatic carbocycles. The van der Waals surface area contributed by atoms with Gasteiger partial charge in [-0.15, -0.1) is 11.6 Å². The van der Waals surface area contributed by atoms with Crippen molar-refractivity contribution in [3.05, 3.63) is 22.6 Å². The second kappa shape index (κ2) is 5.59. The maximum absolute atomic E-state index is 5.96. The normalized spacial score (nSPS) is 13.2. The molecular weight excluding hydrogens is 322 g/mol. The summed E-state index contributed by atoms with van der Waals surface area (Å²) < 4.78 is 3.07. The van der Waals surface area contributed by atoms with Crippen molar-refractivity contribution >= 4 is 50.5 Å². The largest absolute Gasteiger partial charge is 0.308 e. The third-order valence-corrected chi connectivity index (χ3v) is 4.03. The van der Waals surface area contributed by atoms with Crippen LogP contribution < -0.4 is 0 Å². The summed E-state index contributed by atoms with van der Waals surface area (Å²) in [6, 6.07) is 2.32. The zero-order valence-electron chi connectivity index (χ0n) is 9.65. The molecule has 0 aliphatic rings. The molecule has 2 aromatic heterocycles. The molecule has 3 nitrogen and oxygen atoms in total. The van der Waals surface area contributed by atoms with Crippen LogP contribution in [0.3, 0.4) is 0 Å². The second-order valence-electron chi connectivity index (χ2n) is 3.83. The lowest BCUT2D eigenvalue weighted by molar-refractivity contribution is 0.601. The molecule has 0 fully saturated rings. The van der Waals surface area contributed by atoms with Gasteiger partial charge in [0.15, 0.2) is 5.65 Å². The lowest BCUT2D eigenvalue weighted by Crippen LogP contribution is -2.11. The molecule has 0 N–H and O–H groups in total. The fourth-order valence-corrected chi connectivity index (χ4v) is 3.02. The first-order chi connectivity index (χ1) is 8.17. The highest BCUT2D eigenvalue weighted by Crippen LogP contribution is 2.24. The van der Waals surface area contributed by atoms with Crippen molar-refractivity contribution in [1.82, 2.24) is 14.5 Å². The van der Waals surface area contributed by atoms with Crippen LogP contribution in [-0.4, -0.2) is 26.5 Å². The lowest BCUT2D eigenvalue weighted by Gasteiger charge is -2.14. The third-order valence-electron chi connectivity index (χ3n) is 2.54. The Hall–Kier alpha value is -0.260. The van der Waals surface area contributed by atoms with Gasteiger partial charge in [0.05, 0.1) is 5.88 Å². The molecule has 0 saturated carbocycles. The zero-order valence-corrected chi connectivity index (χ0v) is 12.8. The van der Waals surface area contributed by atoms with Crippen LogP contribution in [0, 0.1) is 0 Å². The molecule has 1 atom stereocenters. The highest BCUT2D eigenvalue weighted by molar-refractivity contribution is 9.10. The van der Waals surface area contributed by atoms with Gasteiger partial charge in [-0.2, -0.15) is 11.8 Å². The molecule has 0 spiro atoms. The molecular formula is C11H13BrClN3S. The highest BCUT2D eigenvalue weighted by atomic mass is 79.9. The Bertz CT molecular complexity index is 529. The van der Waals surface area contributed by atoms with Crippen LogP contribution >= 0.6 is 39.3 Å². The Balaban J connectivity index is 2.58. The van der Waals surface area contributed by atoms with Crippen molar-refractivity contribution in [3.63, 3.8) is 0 Å². The number of thioether (sulfide) groups is 1. The first-order valence-corrected chi connectivity index (χ1v) is 7.96. The summed E-state index contributed by atoms with van der Waals surface area (Å²) in [5, 5.41) is 0. The third kappa shape index (κ3) is 2.61. The van der Waals surface area contributed by atoms with E-state index in [2.05, 4.69) is 43.6 Å². The van der Waals surface area contributed by atoms with E-state index in [1.165, 1.54) is 0 Å². The maximum Gasteiger partial charge on any atom is 0.160 e. The number of nitrogens with zero attached hydrogens (tertiary/aromatic N) is 3. The van der Waals surface area contributed by atoms with Crippen LogP contribution in [0.5, 0.6) is 0 Å². The minimum absolute atomic E-state index is 0.345. The van der Waals surface area contributed by atoms with Crippen molar-refractivity contribution in [1.29, 1.82) is 0 Å². The first-order valence-electron chi connectivity index (χ1n) is 5.24. The van der Waals surface area contributed by atoms with Gasteiger partial charge < -0.3 is 4.57 Å². The minimum atomic E-state index is 0.345. The van der Waals surface area contributed by atoms with Gasteiger partial charge >= 0.3 is 0 Å². The topological polar surface area (TPSA) is 30.7 Å². The van der Waals surface area contributed by atoms with E-state index in [0.29, 0.717) is 11.9 Å². The van der Waals surface area contributed by atoms with Crippen LogP contribution in [0.2, 0.25) is 0 Å². The van der Waals surface area contributed by atoms with Crippen LogP contribution in [0.1, 0.15) is 18.8 Å². The summed E-state index contributed by atoms with van der Waals surface area (Å²) in [7, 11) is 0. The second-order valence-corrected chi connectivity index (χ2v) is 5.93. The predicted octanol–water partition coefficient (Wildman–Crippen LogP) is 3.86. The van der Waals surface area contributed by atoms with Gasteiger partial charge in [0.2, 0.25) is 0 Å². The molecule has 0 aliphatic heterocycles. The maximum atomic E-state index is 5.96. The fourth-order valence-electron chi connectivity index (χ4n) is 1.88. The standard InChI is InChI=1S/C11H13BrClN3S/c1-7(6-17-2)16-10(4-13)15-9-3-8(12)5-14-11(9)16/h3,5,7H,4,6H2,1-2H3. The van der Waals surface area contributed by atoms with Crippen LogP contribution in [0.15, 0.2) is 16.7 Å². The molecule has 2 aromatic rings. The van der Waals surface area contributed by atoms with Crippen molar-refractivity contribution in [2.24, 2.45) is 0 Å². The summed E-state index contributed by atoms with van der Waals surface area (Å²) in [6.45, 7) is 2.16. The van der Waals surface area contributed by atoms with E-state index in [9.17, 15) is 0 Å². The van der Waals surface area contributed by atoms with Crippen molar-refractivity contribution < 1.29 is 0 Å². The van der Waals surface area contributed by atoms with Gasteiger partial charge in [0.1, 0.15) is 11.3 Å². The molecule has 92 valence electrons. The molecule has 1 unspecified atom stereocenters. The van der Waals surface area contributed by atoms with E-state index in [1.807, 2.05) is 17.8 Å². The number of pyridine rings is 1. The molecule has 0 saturated heterocycles. The number of hydrogen-bond acceptors (Lipinski definition) is 3.